The number of rotatable bonds is 6. The zero-order chi connectivity index (χ0) is 46.3. The molecule has 324 valence electrons. The Labute approximate surface area is 407 Å². The van der Waals surface area contributed by atoms with Crippen molar-refractivity contribution in [3.05, 3.63) is 236 Å². The van der Waals surface area contributed by atoms with Gasteiger partial charge < -0.3 is 4.57 Å². The Balaban J connectivity index is 0.901. The number of hydrogen-bond acceptors (Lipinski definition) is 4. The van der Waals surface area contributed by atoms with Gasteiger partial charge in [0.25, 0.3) is 0 Å². The molecule has 4 aromatic heterocycles. The Kier molecular flexibility index (Phi) is 9.10. The Morgan fingerprint density at radius 2 is 0.986 bits per heavy atom. The molecule has 14 aromatic rings. The van der Waals surface area contributed by atoms with E-state index in [0.717, 1.165) is 72.5 Å². The van der Waals surface area contributed by atoms with Crippen molar-refractivity contribution in [2.24, 2.45) is 0 Å². The van der Waals surface area contributed by atoms with Crippen LogP contribution in [0.3, 0.4) is 0 Å². The van der Waals surface area contributed by atoms with Gasteiger partial charge in [0, 0.05) is 48.4 Å². The van der Waals surface area contributed by atoms with Crippen molar-refractivity contribution in [2.45, 2.75) is 0 Å². The second-order valence-corrected chi connectivity index (χ2v) is 19.1. The molecular weight excluding hydrogens is 869 g/mol. The van der Waals surface area contributed by atoms with E-state index in [1.807, 2.05) is 36.5 Å². The lowest BCUT2D eigenvalue weighted by molar-refractivity contribution is 1.19. The smallest absolute Gasteiger partial charge is 0.0998 e. The molecular formula is C65H38N4S. The third kappa shape index (κ3) is 6.35. The van der Waals surface area contributed by atoms with Gasteiger partial charge in [-0.1, -0.05) is 158 Å². The van der Waals surface area contributed by atoms with Crippen molar-refractivity contribution >= 4 is 85.6 Å². The van der Waals surface area contributed by atoms with Gasteiger partial charge in [-0.05, 0) is 132 Å². The fourth-order valence-electron chi connectivity index (χ4n) is 10.8. The first-order valence-electron chi connectivity index (χ1n) is 23.5. The Morgan fingerprint density at radius 1 is 0.386 bits per heavy atom. The first-order chi connectivity index (χ1) is 34.6. The van der Waals surface area contributed by atoms with E-state index in [4.69, 9.17) is 9.97 Å². The Bertz CT molecular complexity index is 4450. The lowest BCUT2D eigenvalue weighted by Gasteiger charge is -2.14. The lowest BCUT2D eigenvalue weighted by atomic mass is 9.94. The van der Waals surface area contributed by atoms with Gasteiger partial charge in [-0.15, -0.1) is 11.3 Å². The van der Waals surface area contributed by atoms with Gasteiger partial charge in [0.05, 0.1) is 39.7 Å². The summed E-state index contributed by atoms with van der Waals surface area (Å²) in [5.41, 5.74) is 14.0. The number of nitriles is 1. The van der Waals surface area contributed by atoms with Crippen LogP contribution in [0.25, 0.3) is 136 Å². The third-order valence-electron chi connectivity index (χ3n) is 14.1. The summed E-state index contributed by atoms with van der Waals surface area (Å²) in [6, 6.07) is 82.5. The molecule has 5 heteroatoms. The van der Waals surface area contributed by atoms with E-state index in [9.17, 15) is 5.26 Å². The van der Waals surface area contributed by atoms with Crippen molar-refractivity contribution in [3.63, 3.8) is 0 Å². The monoisotopic (exact) mass is 906 g/mol. The molecule has 0 unspecified atom stereocenters. The molecule has 14 rings (SSSR count). The predicted octanol–water partition coefficient (Wildman–Crippen LogP) is 17.6. The number of benzene rings is 10. The van der Waals surface area contributed by atoms with Crippen LogP contribution in [0.2, 0.25) is 0 Å². The minimum absolute atomic E-state index is 0.653. The molecule has 70 heavy (non-hydrogen) atoms. The first kappa shape index (κ1) is 39.9. The molecule has 0 saturated heterocycles. The average Bonchev–Trinajstić information content (AvgIpc) is 3.98. The first-order valence-corrected chi connectivity index (χ1v) is 24.3. The number of fused-ring (bicyclic) bond motifs is 12. The molecule has 10 aromatic carbocycles. The minimum atomic E-state index is 0.653. The van der Waals surface area contributed by atoms with E-state index < -0.39 is 0 Å². The quantitative estimate of drug-likeness (QED) is 0.156. The summed E-state index contributed by atoms with van der Waals surface area (Å²) in [6.45, 7) is 0. The average molecular weight is 907 g/mol. The van der Waals surface area contributed by atoms with E-state index in [0.29, 0.717) is 5.56 Å². The molecule has 0 atom stereocenters. The molecule has 0 aliphatic carbocycles. The number of nitrogens with zero attached hydrogens (tertiary/aromatic N) is 4. The number of pyridine rings is 2. The minimum Gasteiger partial charge on any atom is -0.309 e. The van der Waals surface area contributed by atoms with E-state index in [1.54, 1.807) is 11.3 Å². The summed E-state index contributed by atoms with van der Waals surface area (Å²) >= 11 is 1.79. The highest BCUT2D eigenvalue weighted by atomic mass is 32.1. The molecule has 0 aliphatic rings. The van der Waals surface area contributed by atoms with Crippen LogP contribution >= 0.6 is 11.3 Å². The van der Waals surface area contributed by atoms with Gasteiger partial charge in [-0.2, -0.15) is 5.26 Å². The zero-order valence-corrected chi connectivity index (χ0v) is 38.5. The fraction of sp³-hybridized carbons (Fsp3) is 0. The SMILES string of the molecule is N#Cc1ccccc1-c1ccc(-c2cc(-c3ccccc3)cc(-c3nccc4sc5ccc(-c6ccc7c(c6)c6ccccc6n7-c6ccc7c8ccccc8c8ccccc8c7c6)cc5c34)n2)cc1. The van der Waals surface area contributed by atoms with Crippen molar-refractivity contribution in [3.8, 4) is 67.8 Å². The highest BCUT2D eigenvalue weighted by Crippen LogP contribution is 2.44. The van der Waals surface area contributed by atoms with Crippen LogP contribution in [-0.4, -0.2) is 14.5 Å². The highest BCUT2D eigenvalue weighted by Gasteiger charge is 2.19. The van der Waals surface area contributed by atoms with Crippen LogP contribution in [0.4, 0.5) is 0 Å². The highest BCUT2D eigenvalue weighted by molar-refractivity contribution is 7.25. The maximum atomic E-state index is 9.80. The second kappa shape index (κ2) is 16.0. The summed E-state index contributed by atoms with van der Waals surface area (Å²) in [5.74, 6) is 0. The van der Waals surface area contributed by atoms with Gasteiger partial charge in [0.2, 0.25) is 0 Å². The number of thiophene rings is 1. The summed E-state index contributed by atoms with van der Waals surface area (Å²) in [6.07, 6.45) is 1.91. The molecule has 0 amide bonds. The summed E-state index contributed by atoms with van der Waals surface area (Å²) < 4.78 is 4.80. The van der Waals surface area contributed by atoms with Gasteiger partial charge in [-0.25, -0.2) is 4.98 Å². The third-order valence-corrected chi connectivity index (χ3v) is 15.2. The van der Waals surface area contributed by atoms with Crippen LogP contribution < -0.4 is 0 Å². The standard InChI is InChI=1S/C65H38N4S/c66-39-45-14-4-5-15-48(45)41-22-24-42(25-23-41)58-36-46(40-12-2-1-3-13-40)37-59(68-58)65-64-57-35-44(27-31-62(57)70-63(64)32-33-67-65)43-26-30-61-56(34-43)54-20-10-11-21-60(54)69(61)47-28-29-53-51-18-7-6-16-49(51)50-17-8-9-19-52(50)55(53)38-47/h1-38H. The summed E-state index contributed by atoms with van der Waals surface area (Å²) in [4.78, 5) is 10.5. The van der Waals surface area contributed by atoms with Crippen molar-refractivity contribution in [2.75, 3.05) is 0 Å². The molecule has 0 saturated carbocycles. The van der Waals surface area contributed by atoms with Crippen LogP contribution in [0.1, 0.15) is 5.56 Å². The molecule has 0 fully saturated rings. The number of para-hydroxylation sites is 1. The Morgan fingerprint density at radius 3 is 1.76 bits per heavy atom. The normalized spacial score (nSPS) is 11.7. The fourth-order valence-corrected chi connectivity index (χ4v) is 11.9. The van der Waals surface area contributed by atoms with E-state index in [-0.39, 0.29) is 0 Å². The van der Waals surface area contributed by atoms with Gasteiger partial charge in [0.1, 0.15) is 0 Å². The summed E-state index contributed by atoms with van der Waals surface area (Å²) in [5, 5.41) is 22.1. The predicted molar refractivity (Wildman–Crippen MR) is 294 cm³/mol. The molecule has 0 N–H and O–H groups in total. The molecule has 4 heterocycles. The van der Waals surface area contributed by atoms with Crippen molar-refractivity contribution in [1.82, 2.24) is 14.5 Å². The van der Waals surface area contributed by atoms with Crippen LogP contribution in [0.15, 0.2) is 231 Å². The molecule has 0 bridgehead atoms. The molecule has 0 aliphatic heterocycles. The van der Waals surface area contributed by atoms with E-state index in [2.05, 4.69) is 205 Å². The molecule has 0 radical (unpaired) electrons. The maximum absolute atomic E-state index is 9.80. The van der Waals surface area contributed by atoms with Crippen molar-refractivity contribution < 1.29 is 0 Å². The van der Waals surface area contributed by atoms with Gasteiger partial charge >= 0.3 is 0 Å². The lowest BCUT2D eigenvalue weighted by Crippen LogP contribution is -1.94. The van der Waals surface area contributed by atoms with Gasteiger partial charge in [-0.3, -0.25) is 4.98 Å². The zero-order valence-electron chi connectivity index (χ0n) is 37.6. The van der Waals surface area contributed by atoms with Crippen LogP contribution in [-0.2, 0) is 0 Å². The van der Waals surface area contributed by atoms with Crippen molar-refractivity contribution in [1.29, 1.82) is 5.26 Å². The number of hydrogen-bond donors (Lipinski definition) is 0. The number of aromatic nitrogens is 3. The van der Waals surface area contributed by atoms with Gasteiger partial charge in [0.15, 0.2) is 0 Å². The Hall–Kier alpha value is -9.21. The maximum Gasteiger partial charge on any atom is 0.0998 e. The van der Waals surface area contributed by atoms with Crippen LogP contribution in [0, 0.1) is 11.3 Å². The largest absolute Gasteiger partial charge is 0.309 e. The van der Waals surface area contributed by atoms with Crippen LogP contribution in [0.5, 0.6) is 0 Å². The van der Waals surface area contributed by atoms with E-state index in [1.165, 1.54) is 63.5 Å². The molecule has 0 spiro atoms. The summed E-state index contributed by atoms with van der Waals surface area (Å²) in [7, 11) is 0. The topological polar surface area (TPSA) is 54.5 Å². The second-order valence-electron chi connectivity index (χ2n) is 18.0. The van der Waals surface area contributed by atoms with E-state index >= 15 is 0 Å². The molecule has 4 nitrogen and oxygen atoms in total.